The summed E-state index contributed by atoms with van der Waals surface area (Å²) in [6.45, 7) is 0.442. The van der Waals surface area contributed by atoms with Crippen molar-refractivity contribution in [1.82, 2.24) is 15.5 Å². The first-order valence-corrected chi connectivity index (χ1v) is 12.2. The zero-order valence-corrected chi connectivity index (χ0v) is 20.6. The molecule has 0 fully saturated rings. The second-order valence-electron chi connectivity index (χ2n) is 8.83. The molecule has 0 saturated heterocycles. The molecule has 0 saturated carbocycles. The number of alkyl carbamates (subject to hydrolysis) is 1. The SMILES string of the molecule is NCc1cccc(NC(=O)[C@@H](NC(=O)OCc2ccccc2)c2ccc(-c3ccc4cn[nH]c4c3)cc2)c1. The predicted octanol–water partition coefficient (Wildman–Crippen LogP) is 5.29. The molecule has 4 aromatic carbocycles. The minimum Gasteiger partial charge on any atom is -0.445 e. The normalized spacial score (nSPS) is 11.6. The first-order chi connectivity index (χ1) is 18.6. The number of aromatic nitrogens is 2. The van der Waals surface area contributed by atoms with Gasteiger partial charge >= 0.3 is 6.09 Å². The number of amides is 2. The second-order valence-corrected chi connectivity index (χ2v) is 8.83. The van der Waals surface area contributed by atoms with Crippen LogP contribution in [0.4, 0.5) is 10.5 Å². The Labute approximate surface area is 219 Å². The van der Waals surface area contributed by atoms with Crippen LogP contribution in [0, 0.1) is 0 Å². The Morgan fingerprint density at radius 2 is 1.63 bits per heavy atom. The third-order valence-corrected chi connectivity index (χ3v) is 6.19. The van der Waals surface area contributed by atoms with Crippen molar-refractivity contribution >= 4 is 28.6 Å². The number of nitrogens with one attached hydrogen (secondary N) is 3. The summed E-state index contributed by atoms with van der Waals surface area (Å²) in [4.78, 5) is 26.1. The molecule has 0 bridgehead atoms. The molecule has 0 aliphatic heterocycles. The molecule has 0 radical (unpaired) electrons. The molecule has 0 aliphatic rings. The van der Waals surface area contributed by atoms with Gasteiger partial charge in [-0.25, -0.2) is 4.79 Å². The molecule has 5 N–H and O–H groups in total. The predicted molar refractivity (Wildman–Crippen MR) is 147 cm³/mol. The summed E-state index contributed by atoms with van der Waals surface area (Å²) in [7, 11) is 0. The van der Waals surface area contributed by atoms with Crippen LogP contribution in [-0.4, -0.2) is 22.2 Å². The number of carbonyl (C=O) groups excluding carboxylic acids is 2. The van der Waals surface area contributed by atoms with E-state index in [1.807, 2.05) is 84.9 Å². The van der Waals surface area contributed by atoms with Crippen molar-refractivity contribution < 1.29 is 14.3 Å². The average molecular weight is 506 g/mol. The molecule has 0 spiro atoms. The summed E-state index contributed by atoms with van der Waals surface area (Å²) in [6, 6.07) is 29.2. The van der Waals surface area contributed by atoms with Crippen LogP contribution in [0.25, 0.3) is 22.0 Å². The number of anilines is 1. The molecule has 190 valence electrons. The first-order valence-electron chi connectivity index (χ1n) is 12.2. The zero-order chi connectivity index (χ0) is 26.3. The molecule has 38 heavy (non-hydrogen) atoms. The van der Waals surface area contributed by atoms with E-state index in [4.69, 9.17) is 10.5 Å². The van der Waals surface area contributed by atoms with E-state index in [-0.39, 0.29) is 6.61 Å². The minimum atomic E-state index is -0.982. The lowest BCUT2D eigenvalue weighted by Crippen LogP contribution is -2.37. The molecule has 1 atom stereocenters. The van der Waals surface area contributed by atoms with Crippen LogP contribution in [0.2, 0.25) is 0 Å². The van der Waals surface area contributed by atoms with Gasteiger partial charge in [0, 0.05) is 17.6 Å². The van der Waals surface area contributed by atoms with Gasteiger partial charge in [0.05, 0.1) is 11.7 Å². The molecule has 0 unspecified atom stereocenters. The highest BCUT2D eigenvalue weighted by Crippen LogP contribution is 2.26. The standard InChI is InChI=1S/C30H27N5O3/c31-17-21-7-4-8-26(15-21)33-29(36)28(34-30(37)38-19-20-5-2-1-3-6-20)23-11-9-22(10-12-23)24-13-14-25-18-32-35-27(25)16-24/h1-16,18,28H,17,19,31H2,(H,32,35)(H,33,36)(H,34,37)/t28-/m0/s1. The van der Waals surface area contributed by atoms with E-state index in [1.54, 1.807) is 18.3 Å². The van der Waals surface area contributed by atoms with Crippen molar-refractivity contribution in [2.45, 2.75) is 19.2 Å². The molecule has 8 nitrogen and oxygen atoms in total. The number of H-pyrrole nitrogens is 1. The van der Waals surface area contributed by atoms with Crippen LogP contribution in [0.3, 0.4) is 0 Å². The number of fused-ring (bicyclic) bond motifs is 1. The van der Waals surface area contributed by atoms with Crippen molar-refractivity contribution in [2.75, 3.05) is 5.32 Å². The number of nitrogens with zero attached hydrogens (tertiary/aromatic N) is 1. The third-order valence-electron chi connectivity index (χ3n) is 6.19. The van der Waals surface area contributed by atoms with Gasteiger partial charge in [0.15, 0.2) is 0 Å². The molecule has 0 aliphatic carbocycles. The maximum Gasteiger partial charge on any atom is 0.408 e. The van der Waals surface area contributed by atoms with Gasteiger partial charge in [-0.05, 0) is 46.0 Å². The Kier molecular flexibility index (Phi) is 7.42. The Morgan fingerprint density at radius 1 is 0.868 bits per heavy atom. The highest BCUT2D eigenvalue weighted by Gasteiger charge is 2.24. The third kappa shape index (κ3) is 5.88. The van der Waals surface area contributed by atoms with Crippen LogP contribution in [-0.2, 0) is 22.7 Å². The van der Waals surface area contributed by atoms with E-state index < -0.39 is 18.0 Å². The number of ether oxygens (including phenoxy) is 1. The second kappa shape index (κ2) is 11.4. The lowest BCUT2D eigenvalue weighted by atomic mass is 9.99. The summed E-state index contributed by atoms with van der Waals surface area (Å²) in [5, 5.41) is 13.7. The van der Waals surface area contributed by atoms with Gasteiger partial charge in [-0.3, -0.25) is 9.89 Å². The van der Waals surface area contributed by atoms with E-state index in [1.165, 1.54) is 0 Å². The summed E-state index contributed by atoms with van der Waals surface area (Å²) in [6.07, 6.45) is 1.08. The van der Waals surface area contributed by atoms with Crippen molar-refractivity contribution in [3.63, 3.8) is 0 Å². The monoisotopic (exact) mass is 505 g/mol. The van der Waals surface area contributed by atoms with Crippen molar-refractivity contribution in [3.8, 4) is 11.1 Å². The molecular weight excluding hydrogens is 478 g/mol. The highest BCUT2D eigenvalue weighted by atomic mass is 16.5. The fourth-order valence-corrected chi connectivity index (χ4v) is 4.16. The fraction of sp³-hybridized carbons (Fsp3) is 0.100. The summed E-state index contributed by atoms with van der Waals surface area (Å²) in [5.74, 6) is -0.400. The number of benzene rings is 4. The Bertz CT molecular complexity index is 1550. The summed E-state index contributed by atoms with van der Waals surface area (Å²) in [5.41, 5.74) is 11.6. The van der Waals surface area contributed by atoms with Gasteiger partial charge in [-0.2, -0.15) is 5.10 Å². The highest BCUT2D eigenvalue weighted by molar-refractivity contribution is 5.97. The molecule has 1 heterocycles. The molecule has 8 heteroatoms. The maximum atomic E-state index is 13.4. The number of carbonyl (C=O) groups is 2. The number of hydrogen-bond acceptors (Lipinski definition) is 5. The minimum absolute atomic E-state index is 0.0918. The smallest absolute Gasteiger partial charge is 0.408 e. The van der Waals surface area contributed by atoms with Crippen LogP contribution in [0.15, 0.2) is 103 Å². The molecule has 2 amide bonds. The van der Waals surface area contributed by atoms with Gasteiger partial charge in [-0.15, -0.1) is 0 Å². The number of aromatic amines is 1. The van der Waals surface area contributed by atoms with Crippen molar-refractivity contribution in [2.24, 2.45) is 5.73 Å². The fourth-order valence-electron chi connectivity index (χ4n) is 4.16. The largest absolute Gasteiger partial charge is 0.445 e. The van der Waals surface area contributed by atoms with E-state index in [9.17, 15) is 9.59 Å². The lowest BCUT2D eigenvalue weighted by Gasteiger charge is -2.19. The molecule has 1 aromatic heterocycles. The van der Waals surface area contributed by atoms with E-state index in [0.29, 0.717) is 17.8 Å². The lowest BCUT2D eigenvalue weighted by molar-refractivity contribution is -0.118. The topological polar surface area (TPSA) is 122 Å². The van der Waals surface area contributed by atoms with Gasteiger partial charge in [0.25, 0.3) is 5.91 Å². The van der Waals surface area contributed by atoms with Gasteiger partial charge in [0.1, 0.15) is 12.6 Å². The Morgan fingerprint density at radius 3 is 2.42 bits per heavy atom. The van der Waals surface area contributed by atoms with Gasteiger partial charge in [-0.1, -0.05) is 78.9 Å². The zero-order valence-electron chi connectivity index (χ0n) is 20.6. The van der Waals surface area contributed by atoms with E-state index >= 15 is 0 Å². The quantitative estimate of drug-likeness (QED) is 0.228. The van der Waals surface area contributed by atoms with Crippen LogP contribution in [0.5, 0.6) is 0 Å². The number of hydrogen-bond donors (Lipinski definition) is 4. The number of nitrogens with two attached hydrogens (primary N) is 1. The van der Waals surface area contributed by atoms with Crippen LogP contribution < -0.4 is 16.4 Å². The van der Waals surface area contributed by atoms with Crippen molar-refractivity contribution in [3.05, 3.63) is 120 Å². The summed E-state index contributed by atoms with van der Waals surface area (Å²) < 4.78 is 5.39. The Hall–Kier alpha value is -4.95. The summed E-state index contributed by atoms with van der Waals surface area (Å²) >= 11 is 0. The van der Waals surface area contributed by atoms with Gasteiger partial charge < -0.3 is 21.1 Å². The number of rotatable bonds is 8. The molecular formula is C30H27N5O3. The van der Waals surface area contributed by atoms with E-state index in [2.05, 4.69) is 20.8 Å². The van der Waals surface area contributed by atoms with Crippen molar-refractivity contribution in [1.29, 1.82) is 0 Å². The van der Waals surface area contributed by atoms with Gasteiger partial charge in [0.2, 0.25) is 0 Å². The van der Waals surface area contributed by atoms with E-state index in [0.717, 1.165) is 33.2 Å². The Balaban J connectivity index is 1.36. The average Bonchev–Trinajstić information content (AvgIpc) is 3.44. The maximum absolute atomic E-state index is 13.4. The first kappa shape index (κ1) is 24.7. The molecule has 5 aromatic rings. The van der Waals surface area contributed by atoms with Crippen LogP contribution >= 0.6 is 0 Å². The molecule has 5 rings (SSSR count). The van der Waals surface area contributed by atoms with Crippen LogP contribution in [0.1, 0.15) is 22.7 Å².